The van der Waals surface area contributed by atoms with Crippen molar-refractivity contribution in [2.24, 2.45) is 0 Å². The third-order valence-corrected chi connectivity index (χ3v) is 1.05. The fraction of sp³-hybridized carbons (Fsp3) is 0.800. The first-order valence-electron chi connectivity index (χ1n) is 2.89. The van der Waals surface area contributed by atoms with Gasteiger partial charge < -0.3 is 9.94 Å². The molecule has 0 unspecified atom stereocenters. The lowest BCUT2D eigenvalue weighted by molar-refractivity contribution is -0.154. The molecule has 0 saturated heterocycles. The van der Waals surface area contributed by atoms with Gasteiger partial charge in [-0.25, -0.2) is 4.79 Å². The molecule has 0 heterocycles. The first-order valence-corrected chi connectivity index (χ1v) is 2.89. The van der Waals surface area contributed by atoms with Gasteiger partial charge >= 0.3 is 5.97 Å². The summed E-state index contributed by atoms with van der Waals surface area (Å²) in [6, 6.07) is 0.334. The van der Waals surface area contributed by atoms with Gasteiger partial charge in [0.05, 0.1) is 0 Å². The van der Waals surface area contributed by atoms with Crippen molar-refractivity contribution in [1.82, 2.24) is 5.48 Å². The minimum atomic E-state index is -0.623. The van der Waals surface area contributed by atoms with Crippen LogP contribution in [0.15, 0.2) is 0 Å². The van der Waals surface area contributed by atoms with Gasteiger partial charge in [0.1, 0.15) is 6.61 Å². The van der Waals surface area contributed by atoms with Crippen molar-refractivity contribution < 1.29 is 14.7 Å². The van der Waals surface area contributed by atoms with Crippen LogP contribution >= 0.6 is 0 Å². The van der Waals surface area contributed by atoms with Crippen LogP contribution in [-0.2, 0) is 9.63 Å². The van der Waals surface area contributed by atoms with Crippen molar-refractivity contribution in [3.63, 3.8) is 0 Å². The molecule has 0 aromatic rings. The van der Waals surface area contributed by atoms with Crippen molar-refractivity contribution in [3.8, 4) is 0 Å². The summed E-state index contributed by atoms with van der Waals surface area (Å²) >= 11 is 0. The smallest absolute Gasteiger partial charge is 0.350 e. The normalized spacial score (nSPS) is 17.4. The maximum atomic E-state index is 10.2. The summed E-state index contributed by atoms with van der Waals surface area (Å²) in [5, 5.41) is 8.15. The lowest BCUT2D eigenvalue weighted by Gasteiger charge is -1.99. The maximum Gasteiger partial charge on any atom is 0.350 e. The maximum absolute atomic E-state index is 10.2. The second-order valence-corrected chi connectivity index (χ2v) is 2.02. The Labute approximate surface area is 52.8 Å². The minimum absolute atomic E-state index is 0.334. The molecule has 2 N–H and O–H groups in total. The van der Waals surface area contributed by atoms with E-state index in [1.807, 2.05) is 0 Å². The molecule has 4 heteroatoms. The van der Waals surface area contributed by atoms with Gasteiger partial charge in [-0.2, -0.15) is 0 Å². The topological polar surface area (TPSA) is 58.6 Å². The molecule has 1 fully saturated rings. The highest BCUT2D eigenvalue weighted by Crippen LogP contribution is 2.18. The SMILES string of the molecule is O=C(CO)ONC1CC1. The summed E-state index contributed by atoms with van der Waals surface area (Å²) < 4.78 is 0. The molecule has 0 aromatic carbocycles. The van der Waals surface area contributed by atoms with E-state index in [1.165, 1.54) is 0 Å². The Morgan fingerprint density at radius 2 is 2.44 bits per heavy atom. The van der Waals surface area contributed by atoms with E-state index in [4.69, 9.17) is 5.11 Å². The number of hydrogen-bond donors (Lipinski definition) is 2. The number of rotatable bonds is 3. The molecule has 0 radical (unpaired) electrons. The van der Waals surface area contributed by atoms with Crippen LogP contribution in [-0.4, -0.2) is 23.7 Å². The van der Waals surface area contributed by atoms with Crippen LogP contribution < -0.4 is 5.48 Å². The highest BCUT2D eigenvalue weighted by atomic mass is 16.7. The van der Waals surface area contributed by atoms with Crippen LogP contribution in [0, 0.1) is 0 Å². The van der Waals surface area contributed by atoms with E-state index >= 15 is 0 Å². The first-order chi connectivity index (χ1) is 4.33. The second-order valence-electron chi connectivity index (χ2n) is 2.02. The van der Waals surface area contributed by atoms with Gasteiger partial charge in [-0.1, -0.05) is 0 Å². The summed E-state index contributed by atoms with van der Waals surface area (Å²) in [6.07, 6.45) is 2.11. The van der Waals surface area contributed by atoms with Gasteiger partial charge in [-0.05, 0) is 12.8 Å². The Bertz CT molecular complexity index is 111. The molecule has 1 aliphatic rings. The van der Waals surface area contributed by atoms with Crippen LogP contribution in [0.4, 0.5) is 0 Å². The number of aliphatic hydroxyl groups excluding tert-OH is 1. The third kappa shape index (κ3) is 2.43. The molecule has 0 aliphatic heterocycles. The molecule has 0 atom stereocenters. The monoisotopic (exact) mass is 131 g/mol. The number of hydrogen-bond acceptors (Lipinski definition) is 4. The van der Waals surface area contributed by atoms with Gasteiger partial charge in [-0.15, -0.1) is 5.48 Å². The van der Waals surface area contributed by atoms with E-state index in [1.54, 1.807) is 0 Å². The van der Waals surface area contributed by atoms with Crippen LogP contribution in [0.3, 0.4) is 0 Å². The first kappa shape index (κ1) is 6.51. The number of hydroxylamine groups is 1. The molecule has 1 aliphatic carbocycles. The summed E-state index contributed by atoms with van der Waals surface area (Å²) in [4.78, 5) is 14.6. The van der Waals surface area contributed by atoms with E-state index in [0.717, 1.165) is 12.8 Å². The standard InChI is InChI=1S/C5H9NO3/c7-3-5(8)9-6-4-1-2-4/h4,6-7H,1-3H2. The summed E-state index contributed by atoms with van der Waals surface area (Å²) in [5.74, 6) is -0.623. The predicted molar refractivity (Wildman–Crippen MR) is 29.3 cm³/mol. The van der Waals surface area contributed by atoms with Gasteiger partial charge in [0.25, 0.3) is 0 Å². The van der Waals surface area contributed by atoms with E-state index in [9.17, 15) is 4.79 Å². The average Bonchev–Trinajstić information content (AvgIpc) is 2.65. The Morgan fingerprint density at radius 3 is 2.89 bits per heavy atom. The molecule has 0 amide bonds. The molecular weight excluding hydrogens is 122 g/mol. The quantitative estimate of drug-likeness (QED) is 0.492. The van der Waals surface area contributed by atoms with E-state index in [0.29, 0.717) is 6.04 Å². The van der Waals surface area contributed by atoms with Crippen LogP contribution in [0.25, 0.3) is 0 Å². The highest BCUT2D eigenvalue weighted by Gasteiger charge is 2.22. The molecule has 52 valence electrons. The van der Waals surface area contributed by atoms with Crippen LogP contribution in [0.1, 0.15) is 12.8 Å². The second kappa shape index (κ2) is 2.80. The Hall–Kier alpha value is -0.610. The van der Waals surface area contributed by atoms with E-state index in [2.05, 4.69) is 10.3 Å². The van der Waals surface area contributed by atoms with Gasteiger partial charge in [0.2, 0.25) is 0 Å². The van der Waals surface area contributed by atoms with Crippen LogP contribution in [0.2, 0.25) is 0 Å². The third-order valence-electron chi connectivity index (χ3n) is 1.05. The predicted octanol–water partition coefficient (Wildman–Crippen LogP) is -0.811. The van der Waals surface area contributed by atoms with E-state index in [-0.39, 0.29) is 0 Å². The largest absolute Gasteiger partial charge is 0.385 e. The number of nitrogens with one attached hydrogen (secondary N) is 1. The lowest BCUT2D eigenvalue weighted by Crippen LogP contribution is -2.23. The molecule has 9 heavy (non-hydrogen) atoms. The van der Waals surface area contributed by atoms with Crippen molar-refractivity contribution >= 4 is 5.97 Å². The summed E-state index contributed by atoms with van der Waals surface area (Å²) in [5.41, 5.74) is 2.50. The summed E-state index contributed by atoms with van der Waals surface area (Å²) in [7, 11) is 0. The molecule has 1 rings (SSSR count). The van der Waals surface area contributed by atoms with E-state index < -0.39 is 12.6 Å². The van der Waals surface area contributed by atoms with Crippen molar-refractivity contribution in [3.05, 3.63) is 0 Å². The molecule has 1 saturated carbocycles. The molecule has 4 nitrogen and oxygen atoms in total. The Morgan fingerprint density at radius 1 is 1.78 bits per heavy atom. The molecule has 0 bridgehead atoms. The van der Waals surface area contributed by atoms with Crippen LogP contribution in [0.5, 0.6) is 0 Å². The molecule has 0 spiro atoms. The fourth-order valence-electron chi connectivity index (χ4n) is 0.383. The Kier molecular flexibility index (Phi) is 2.02. The van der Waals surface area contributed by atoms with Gasteiger partial charge in [0, 0.05) is 6.04 Å². The van der Waals surface area contributed by atoms with Crippen molar-refractivity contribution in [2.75, 3.05) is 6.61 Å². The number of carbonyl (C=O) groups excluding carboxylic acids is 1. The van der Waals surface area contributed by atoms with Crippen molar-refractivity contribution in [2.45, 2.75) is 18.9 Å². The summed E-state index contributed by atoms with van der Waals surface area (Å²) in [6.45, 7) is -0.556. The average molecular weight is 131 g/mol. The van der Waals surface area contributed by atoms with Gasteiger partial charge in [0.15, 0.2) is 0 Å². The molecular formula is C5H9NO3. The zero-order valence-electron chi connectivity index (χ0n) is 4.96. The lowest BCUT2D eigenvalue weighted by atomic mass is 10.7. The van der Waals surface area contributed by atoms with Crippen molar-refractivity contribution in [1.29, 1.82) is 0 Å². The van der Waals surface area contributed by atoms with Gasteiger partial charge in [-0.3, -0.25) is 0 Å². The Balaban J connectivity index is 1.96. The number of carbonyl (C=O) groups is 1. The highest BCUT2D eigenvalue weighted by molar-refractivity contribution is 5.69. The zero-order valence-corrected chi connectivity index (χ0v) is 4.96. The fourth-order valence-corrected chi connectivity index (χ4v) is 0.383. The molecule has 0 aromatic heterocycles. The minimum Gasteiger partial charge on any atom is -0.385 e. The number of aliphatic hydroxyl groups is 1. The zero-order chi connectivity index (χ0) is 6.69.